The van der Waals surface area contributed by atoms with Crippen molar-refractivity contribution < 1.29 is 14.7 Å². The van der Waals surface area contributed by atoms with Crippen LogP contribution in [0.15, 0.2) is 54.7 Å². The summed E-state index contributed by atoms with van der Waals surface area (Å²) in [4.78, 5) is 27.4. The molecule has 1 aromatic heterocycles. The number of carboxylic acid groups (broad SMARTS) is 1. The van der Waals surface area contributed by atoms with Crippen LogP contribution in [0.3, 0.4) is 0 Å². The first-order valence-corrected chi connectivity index (χ1v) is 8.01. The number of carbonyl (C=O) groups is 2. The van der Waals surface area contributed by atoms with E-state index in [0.29, 0.717) is 11.1 Å². The summed E-state index contributed by atoms with van der Waals surface area (Å²) in [6.45, 7) is 2.06. The second kappa shape index (κ2) is 6.71. The number of nitrogens with one attached hydrogen (secondary N) is 1. The van der Waals surface area contributed by atoms with Gasteiger partial charge in [0.2, 0.25) is 0 Å². The summed E-state index contributed by atoms with van der Waals surface area (Å²) < 4.78 is 0. The van der Waals surface area contributed by atoms with Gasteiger partial charge in [0.15, 0.2) is 5.78 Å². The molecule has 0 aliphatic heterocycles. The van der Waals surface area contributed by atoms with Gasteiger partial charge in [-0.15, -0.1) is 0 Å². The van der Waals surface area contributed by atoms with Crippen LogP contribution < -0.4 is 0 Å². The zero-order valence-electron chi connectivity index (χ0n) is 13.5. The number of Topliss-reactive ketones (excluding diaryl/α,β-unsaturated/α-hetero) is 1. The van der Waals surface area contributed by atoms with Crippen LogP contribution >= 0.6 is 0 Å². The molecule has 24 heavy (non-hydrogen) atoms. The predicted molar refractivity (Wildman–Crippen MR) is 93.4 cm³/mol. The number of carbonyl (C=O) groups excluding carboxylic acids is 1. The van der Waals surface area contributed by atoms with Crippen LogP contribution in [-0.4, -0.2) is 21.8 Å². The number of aliphatic carboxylic acids is 1. The summed E-state index contributed by atoms with van der Waals surface area (Å²) >= 11 is 0. The fourth-order valence-corrected chi connectivity index (χ4v) is 3.08. The molecule has 4 heteroatoms. The molecule has 0 bridgehead atoms. The van der Waals surface area contributed by atoms with E-state index in [1.54, 1.807) is 30.5 Å². The van der Waals surface area contributed by atoms with E-state index in [9.17, 15) is 14.7 Å². The average Bonchev–Trinajstić information content (AvgIpc) is 3.03. The number of benzene rings is 2. The van der Waals surface area contributed by atoms with Crippen LogP contribution in [0.5, 0.6) is 0 Å². The predicted octanol–water partition coefficient (Wildman–Crippen LogP) is 4.17. The number of ketones is 1. The Hall–Kier alpha value is -2.88. The quantitative estimate of drug-likeness (QED) is 0.669. The number of para-hydroxylation sites is 1. The minimum atomic E-state index is -0.984. The Kier molecular flexibility index (Phi) is 4.47. The molecule has 0 fully saturated rings. The summed E-state index contributed by atoms with van der Waals surface area (Å²) in [5.74, 6) is -2.01. The first kappa shape index (κ1) is 16.0. The van der Waals surface area contributed by atoms with E-state index in [-0.39, 0.29) is 12.2 Å². The largest absolute Gasteiger partial charge is 0.481 e. The van der Waals surface area contributed by atoms with Crippen molar-refractivity contribution in [2.75, 3.05) is 0 Å². The topological polar surface area (TPSA) is 70.2 Å². The Morgan fingerprint density at radius 3 is 2.50 bits per heavy atom. The van der Waals surface area contributed by atoms with E-state index in [1.165, 1.54) is 0 Å². The van der Waals surface area contributed by atoms with E-state index >= 15 is 0 Å². The van der Waals surface area contributed by atoms with Gasteiger partial charge in [0.1, 0.15) is 0 Å². The van der Waals surface area contributed by atoms with Gasteiger partial charge in [0, 0.05) is 29.1 Å². The highest BCUT2D eigenvalue weighted by Crippen LogP contribution is 2.31. The van der Waals surface area contributed by atoms with Gasteiger partial charge in [0.25, 0.3) is 0 Å². The Balaban J connectivity index is 1.98. The molecule has 0 aliphatic rings. The van der Waals surface area contributed by atoms with Gasteiger partial charge in [0.05, 0.1) is 5.92 Å². The lowest BCUT2D eigenvalue weighted by Gasteiger charge is -2.11. The van der Waals surface area contributed by atoms with Crippen LogP contribution in [0.1, 0.15) is 40.7 Å². The third-order valence-corrected chi connectivity index (χ3v) is 4.37. The number of aromatic amines is 1. The van der Waals surface area contributed by atoms with Crippen LogP contribution in [0, 0.1) is 0 Å². The zero-order valence-corrected chi connectivity index (χ0v) is 13.5. The highest BCUT2D eigenvalue weighted by atomic mass is 16.4. The molecule has 1 atom stereocenters. The van der Waals surface area contributed by atoms with E-state index in [2.05, 4.69) is 11.9 Å². The van der Waals surface area contributed by atoms with Gasteiger partial charge in [-0.25, -0.2) is 0 Å². The number of carboxylic acids is 1. The lowest BCUT2D eigenvalue weighted by atomic mass is 9.91. The molecule has 0 saturated carbocycles. The first-order chi connectivity index (χ1) is 11.6. The molecule has 3 rings (SSSR count). The van der Waals surface area contributed by atoms with Crippen molar-refractivity contribution in [3.8, 4) is 0 Å². The smallest absolute Gasteiger partial charge is 0.311 e. The maximum Gasteiger partial charge on any atom is 0.311 e. The molecule has 2 N–H and O–H groups in total. The molecule has 0 amide bonds. The second-order valence-corrected chi connectivity index (χ2v) is 5.82. The number of hydrogen-bond acceptors (Lipinski definition) is 2. The standard InChI is InChI=1S/C20H19NO3/c1-2-13-9-6-10-15-17(12-21-19(13)15)16(20(23)24)11-18(22)14-7-4-3-5-8-14/h3-10,12,16,21H,2,11H2,1H3,(H,23,24)/t16-/m0/s1. The van der Waals surface area contributed by atoms with Crippen molar-refractivity contribution in [2.24, 2.45) is 0 Å². The van der Waals surface area contributed by atoms with Crippen molar-refractivity contribution in [1.29, 1.82) is 0 Å². The van der Waals surface area contributed by atoms with Crippen molar-refractivity contribution in [3.63, 3.8) is 0 Å². The summed E-state index contributed by atoms with van der Waals surface area (Å²) in [7, 11) is 0. The third-order valence-electron chi connectivity index (χ3n) is 4.37. The van der Waals surface area contributed by atoms with Crippen LogP contribution in [0.25, 0.3) is 10.9 Å². The van der Waals surface area contributed by atoms with E-state index < -0.39 is 11.9 Å². The van der Waals surface area contributed by atoms with Gasteiger partial charge in [-0.1, -0.05) is 55.5 Å². The summed E-state index contributed by atoms with van der Waals surface area (Å²) in [6, 6.07) is 14.7. The number of hydrogen-bond donors (Lipinski definition) is 2. The molecule has 0 radical (unpaired) electrons. The number of fused-ring (bicyclic) bond motifs is 1. The Labute approximate surface area is 140 Å². The van der Waals surface area contributed by atoms with Crippen LogP contribution in [0.4, 0.5) is 0 Å². The fourth-order valence-electron chi connectivity index (χ4n) is 3.08. The van der Waals surface area contributed by atoms with E-state index in [1.807, 2.05) is 24.3 Å². The lowest BCUT2D eigenvalue weighted by molar-refractivity contribution is -0.138. The molecule has 0 aliphatic carbocycles. The highest BCUT2D eigenvalue weighted by Gasteiger charge is 2.26. The van der Waals surface area contributed by atoms with Crippen molar-refractivity contribution in [2.45, 2.75) is 25.7 Å². The molecule has 1 heterocycles. The molecule has 122 valence electrons. The molecule has 0 spiro atoms. The maximum atomic E-state index is 12.4. The van der Waals surface area contributed by atoms with Gasteiger partial charge < -0.3 is 10.1 Å². The van der Waals surface area contributed by atoms with Crippen LogP contribution in [-0.2, 0) is 11.2 Å². The van der Waals surface area contributed by atoms with E-state index in [4.69, 9.17) is 0 Å². The molecule has 4 nitrogen and oxygen atoms in total. The van der Waals surface area contributed by atoms with Gasteiger partial charge >= 0.3 is 5.97 Å². The monoisotopic (exact) mass is 321 g/mol. The number of rotatable bonds is 6. The second-order valence-electron chi connectivity index (χ2n) is 5.82. The molecule has 2 aromatic carbocycles. The average molecular weight is 321 g/mol. The Morgan fingerprint density at radius 1 is 1.08 bits per heavy atom. The first-order valence-electron chi connectivity index (χ1n) is 8.01. The molecule has 0 saturated heterocycles. The molecular formula is C20H19NO3. The molecule has 3 aromatic rings. The van der Waals surface area contributed by atoms with Crippen molar-refractivity contribution in [1.82, 2.24) is 4.98 Å². The molecular weight excluding hydrogens is 302 g/mol. The fraction of sp³-hybridized carbons (Fsp3) is 0.200. The number of aromatic nitrogens is 1. The highest BCUT2D eigenvalue weighted by molar-refractivity contribution is 6.00. The summed E-state index contributed by atoms with van der Waals surface area (Å²) in [5, 5.41) is 10.5. The number of H-pyrrole nitrogens is 1. The maximum absolute atomic E-state index is 12.4. The summed E-state index contributed by atoms with van der Waals surface area (Å²) in [6.07, 6.45) is 2.53. The van der Waals surface area contributed by atoms with Gasteiger partial charge in [-0.3, -0.25) is 9.59 Å². The lowest BCUT2D eigenvalue weighted by Crippen LogP contribution is -2.16. The van der Waals surface area contributed by atoms with Crippen LogP contribution in [0.2, 0.25) is 0 Å². The van der Waals surface area contributed by atoms with E-state index in [0.717, 1.165) is 22.9 Å². The van der Waals surface area contributed by atoms with Crippen molar-refractivity contribution >= 4 is 22.7 Å². The normalized spacial score (nSPS) is 12.2. The third kappa shape index (κ3) is 2.95. The minimum Gasteiger partial charge on any atom is -0.481 e. The number of aryl methyl sites for hydroxylation is 1. The SMILES string of the molecule is CCc1cccc2c([C@H](CC(=O)c3ccccc3)C(=O)O)c[nH]c12. The molecule has 0 unspecified atom stereocenters. The zero-order chi connectivity index (χ0) is 17.1. The van der Waals surface area contributed by atoms with Crippen molar-refractivity contribution in [3.05, 3.63) is 71.4 Å². The Bertz CT molecular complexity index is 880. The Morgan fingerprint density at radius 2 is 1.83 bits per heavy atom. The minimum absolute atomic E-state index is 0.0529. The van der Waals surface area contributed by atoms with Gasteiger partial charge in [-0.2, -0.15) is 0 Å². The summed E-state index contributed by atoms with van der Waals surface area (Å²) in [5.41, 5.74) is 3.29. The van der Waals surface area contributed by atoms with Gasteiger partial charge in [-0.05, 0) is 17.5 Å².